The van der Waals surface area contributed by atoms with Crippen LogP contribution in [0.4, 0.5) is 0 Å². The van der Waals surface area contributed by atoms with E-state index in [9.17, 15) is 0 Å². The first-order chi connectivity index (χ1) is 7.33. The average Bonchev–Trinajstić information content (AvgIpc) is 2.22. The van der Waals surface area contributed by atoms with Crippen LogP contribution in [0, 0.1) is 0 Å². The molecule has 0 nitrogen and oxygen atoms in total. The van der Waals surface area contributed by atoms with Gasteiger partial charge in [0.1, 0.15) is 0 Å². The molecule has 3 rings (SSSR count). The van der Waals surface area contributed by atoms with Gasteiger partial charge in [-0.2, -0.15) is 0 Å². The van der Waals surface area contributed by atoms with Crippen LogP contribution in [0.2, 0.25) is 0 Å². The predicted octanol–water partition coefficient (Wildman–Crippen LogP) is 4.21. The molecule has 0 atom stereocenters. The Labute approximate surface area is 98.1 Å². The number of hydrogen-bond donors (Lipinski definition) is 0. The summed E-state index contributed by atoms with van der Waals surface area (Å²) >= 11 is 3.46. The minimum Gasteiger partial charge on any atom is -0.0581 e. The normalized spacial score (nSPS) is 13.1. The van der Waals surface area contributed by atoms with Gasteiger partial charge in [-0.05, 0) is 47.2 Å². The molecule has 0 unspecified atom stereocenters. The van der Waals surface area contributed by atoms with Crippen molar-refractivity contribution in [2.75, 3.05) is 0 Å². The first-order valence-electron chi connectivity index (χ1n) is 5.21. The molecule has 1 heteroatoms. The minimum absolute atomic E-state index is 1.13. The third-order valence-electron chi connectivity index (χ3n) is 3.05. The number of aryl methyl sites for hydroxylation is 2. The van der Waals surface area contributed by atoms with Gasteiger partial charge in [0.05, 0.1) is 0 Å². The molecule has 0 aliphatic heterocycles. The second kappa shape index (κ2) is 3.49. The number of rotatable bonds is 1. The van der Waals surface area contributed by atoms with Crippen molar-refractivity contribution in [1.82, 2.24) is 0 Å². The van der Waals surface area contributed by atoms with Crippen molar-refractivity contribution in [3.8, 4) is 11.1 Å². The number of benzene rings is 2. The Bertz CT molecular complexity index is 497. The van der Waals surface area contributed by atoms with Crippen molar-refractivity contribution in [1.29, 1.82) is 0 Å². The lowest BCUT2D eigenvalue weighted by Crippen LogP contribution is -2.07. The molecule has 0 fully saturated rings. The Morgan fingerprint density at radius 1 is 0.733 bits per heavy atom. The Morgan fingerprint density at radius 3 is 2.00 bits per heavy atom. The van der Waals surface area contributed by atoms with Crippen molar-refractivity contribution < 1.29 is 0 Å². The van der Waals surface area contributed by atoms with Crippen LogP contribution in [-0.4, -0.2) is 0 Å². The van der Waals surface area contributed by atoms with Gasteiger partial charge in [-0.1, -0.05) is 46.3 Å². The number of halogens is 1. The first kappa shape index (κ1) is 9.17. The van der Waals surface area contributed by atoms with Gasteiger partial charge < -0.3 is 0 Å². The molecule has 0 aromatic heterocycles. The molecule has 0 N–H and O–H groups in total. The smallest absolute Gasteiger partial charge is 0.0175 e. The maximum absolute atomic E-state index is 3.46. The van der Waals surface area contributed by atoms with E-state index in [-0.39, 0.29) is 0 Å². The van der Waals surface area contributed by atoms with Gasteiger partial charge in [-0.3, -0.25) is 0 Å². The van der Waals surface area contributed by atoms with Gasteiger partial charge in [0.25, 0.3) is 0 Å². The Morgan fingerprint density at radius 2 is 1.40 bits per heavy atom. The lowest BCUT2D eigenvalue weighted by Gasteiger charge is -2.19. The topological polar surface area (TPSA) is 0 Å². The highest BCUT2D eigenvalue weighted by atomic mass is 79.9. The summed E-state index contributed by atoms with van der Waals surface area (Å²) in [5, 5.41) is 0. The van der Waals surface area contributed by atoms with Crippen molar-refractivity contribution in [3.05, 3.63) is 58.1 Å². The van der Waals surface area contributed by atoms with E-state index in [1.807, 2.05) is 0 Å². The van der Waals surface area contributed by atoms with E-state index in [4.69, 9.17) is 0 Å². The van der Waals surface area contributed by atoms with Gasteiger partial charge in [0, 0.05) is 4.47 Å². The van der Waals surface area contributed by atoms with E-state index < -0.39 is 0 Å². The monoisotopic (exact) mass is 258 g/mol. The minimum atomic E-state index is 1.13. The van der Waals surface area contributed by atoms with Crippen LogP contribution in [0.25, 0.3) is 11.1 Å². The van der Waals surface area contributed by atoms with E-state index in [1.54, 1.807) is 0 Å². The Hall–Kier alpha value is -1.08. The average molecular weight is 259 g/mol. The Balaban J connectivity index is 2.05. The molecule has 0 amide bonds. The summed E-state index contributed by atoms with van der Waals surface area (Å²) < 4.78 is 1.13. The molecule has 0 bridgehead atoms. The summed E-state index contributed by atoms with van der Waals surface area (Å²) in [5.41, 5.74) is 5.68. The molecule has 15 heavy (non-hydrogen) atoms. The molecule has 0 heterocycles. The van der Waals surface area contributed by atoms with Crippen molar-refractivity contribution in [2.45, 2.75) is 12.8 Å². The zero-order valence-corrected chi connectivity index (χ0v) is 9.92. The fourth-order valence-corrected chi connectivity index (χ4v) is 2.28. The third kappa shape index (κ3) is 1.61. The highest BCUT2D eigenvalue weighted by molar-refractivity contribution is 9.10. The van der Waals surface area contributed by atoms with Gasteiger partial charge in [0.15, 0.2) is 0 Å². The van der Waals surface area contributed by atoms with Crippen LogP contribution >= 0.6 is 15.9 Å². The Kier molecular flexibility index (Phi) is 2.14. The first-order valence-corrected chi connectivity index (χ1v) is 6.00. The third-order valence-corrected chi connectivity index (χ3v) is 3.58. The molecule has 2 aromatic carbocycles. The van der Waals surface area contributed by atoms with Crippen LogP contribution in [0.15, 0.2) is 46.9 Å². The second-order valence-corrected chi connectivity index (χ2v) is 4.91. The summed E-state index contributed by atoms with van der Waals surface area (Å²) in [5.74, 6) is 0. The van der Waals surface area contributed by atoms with Gasteiger partial charge in [0.2, 0.25) is 0 Å². The van der Waals surface area contributed by atoms with Gasteiger partial charge in [-0.25, -0.2) is 0 Å². The predicted molar refractivity (Wildman–Crippen MR) is 67.0 cm³/mol. The van der Waals surface area contributed by atoms with E-state index in [0.717, 1.165) is 4.47 Å². The highest BCUT2D eigenvalue weighted by Crippen LogP contribution is 2.29. The van der Waals surface area contributed by atoms with Crippen LogP contribution in [-0.2, 0) is 12.8 Å². The molecular weight excluding hydrogens is 248 g/mol. The fraction of sp³-hybridized carbons (Fsp3) is 0.143. The van der Waals surface area contributed by atoms with E-state index in [2.05, 4.69) is 58.4 Å². The zero-order chi connectivity index (χ0) is 10.3. The molecule has 1 aliphatic carbocycles. The summed E-state index contributed by atoms with van der Waals surface area (Å²) in [7, 11) is 0. The van der Waals surface area contributed by atoms with Crippen LogP contribution < -0.4 is 0 Å². The van der Waals surface area contributed by atoms with Crippen molar-refractivity contribution in [2.24, 2.45) is 0 Å². The van der Waals surface area contributed by atoms with E-state index in [0.29, 0.717) is 0 Å². The summed E-state index contributed by atoms with van der Waals surface area (Å²) in [6, 6.07) is 15.3. The SMILES string of the molecule is Brc1ccc(-c2ccc3c(c2)CC3)cc1. The second-order valence-electron chi connectivity index (χ2n) is 3.99. The lowest BCUT2D eigenvalue weighted by molar-refractivity contribution is 0.840. The van der Waals surface area contributed by atoms with E-state index >= 15 is 0 Å². The molecule has 0 saturated carbocycles. The van der Waals surface area contributed by atoms with E-state index in [1.165, 1.54) is 35.1 Å². The maximum atomic E-state index is 3.46. The van der Waals surface area contributed by atoms with Crippen LogP contribution in [0.3, 0.4) is 0 Å². The molecule has 2 aromatic rings. The molecule has 1 aliphatic rings. The lowest BCUT2D eigenvalue weighted by atomic mass is 9.86. The van der Waals surface area contributed by atoms with Gasteiger partial charge >= 0.3 is 0 Å². The summed E-state index contributed by atoms with van der Waals surface area (Å²) in [6.07, 6.45) is 2.51. The molecular formula is C14H11Br. The molecule has 74 valence electrons. The fourth-order valence-electron chi connectivity index (χ4n) is 2.02. The number of hydrogen-bond acceptors (Lipinski definition) is 0. The standard InChI is InChI=1S/C14H11Br/c15-14-7-5-11(6-8-14)13-4-2-10-1-3-12(10)9-13/h2,4-9H,1,3H2. The summed E-state index contributed by atoms with van der Waals surface area (Å²) in [4.78, 5) is 0. The molecule has 0 radical (unpaired) electrons. The summed E-state index contributed by atoms with van der Waals surface area (Å²) in [6.45, 7) is 0. The highest BCUT2D eigenvalue weighted by Gasteiger charge is 2.12. The quantitative estimate of drug-likeness (QED) is 0.719. The van der Waals surface area contributed by atoms with Crippen molar-refractivity contribution in [3.63, 3.8) is 0 Å². The van der Waals surface area contributed by atoms with Crippen LogP contribution in [0.1, 0.15) is 11.1 Å². The van der Waals surface area contributed by atoms with Gasteiger partial charge in [-0.15, -0.1) is 0 Å². The maximum Gasteiger partial charge on any atom is 0.0175 e. The van der Waals surface area contributed by atoms with Crippen LogP contribution in [0.5, 0.6) is 0 Å². The number of fused-ring (bicyclic) bond motifs is 1. The molecule has 0 saturated heterocycles. The largest absolute Gasteiger partial charge is 0.0581 e. The molecule has 0 spiro atoms. The van der Waals surface area contributed by atoms with Crippen molar-refractivity contribution >= 4 is 15.9 Å². The zero-order valence-electron chi connectivity index (χ0n) is 8.33.